The van der Waals surface area contributed by atoms with Crippen LogP contribution >= 0.6 is 11.6 Å². The van der Waals surface area contributed by atoms with Crippen LogP contribution in [0.2, 0.25) is 5.02 Å². The molecule has 0 aliphatic rings. The van der Waals surface area contributed by atoms with Crippen LogP contribution in [-0.2, 0) is 0 Å². The summed E-state index contributed by atoms with van der Waals surface area (Å²) < 4.78 is 13.3. The Balaban J connectivity index is 3.21. The van der Waals surface area contributed by atoms with Gasteiger partial charge in [-0.3, -0.25) is 0 Å². The second-order valence-electron chi connectivity index (χ2n) is 4.35. The van der Waals surface area contributed by atoms with Crippen molar-refractivity contribution in [3.63, 3.8) is 0 Å². The lowest BCUT2D eigenvalue weighted by molar-refractivity contribution is 0.104. The zero-order chi connectivity index (χ0) is 11.8. The van der Waals surface area contributed by atoms with E-state index in [2.05, 4.69) is 0 Å². The number of halogens is 2. The molecule has 0 aliphatic carbocycles. The van der Waals surface area contributed by atoms with E-state index in [4.69, 9.17) is 17.3 Å². The molecule has 0 saturated carbocycles. The normalized spacial score (nSPS) is 14.1. The number of benzene rings is 1. The summed E-state index contributed by atoms with van der Waals surface area (Å²) in [5.74, 6) is -0.391. The standard InChI is InChI=1S/C11H15ClFNO/c1-6-4-8(12)7(5-9(6)13)10(15)11(2,3)14/h4-5,10,15H,14H2,1-3H3. The highest BCUT2D eigenvalue weighted by atomic mass is 35.5. The fourth-order valence-corrected chi connectivity index (χ4v) is 1.59. The lowest BCUT2D eigenvalue weighted by Crippen LogP contribution is -2.39. The topological polar surface area (TPSA) is 46.2 Å². The van der Waals surface area contributed by atoms with Crippen molar-refractivity contribution in [3.8, 4) is 0 Å². The molecule has 0 heterocycles. The van der Waals surface area contributed by atoms with E-state index in [0.717, 1.165) is 0 Å². The fourth-order valence-electron chi connectivity index (χ4n) is 1.27. The van der Waals surface area contributed by atoms with Gasteiger partial charge in [-0.05, 0) is 38.5 Å². The second-order valence-corrected chi connectivity index (χ2v) is 4.75. The van der Waals surface area contributed by atoms with Crippen LogP contribution in [0.3, 0.4) is 0 Å². The molecule has 1 rings (SSSR count). The highest BCUT2D eigenvalue weighted by molar-refractivity contribution is 6.31. The van der Waals surface area contributed by atoms with Gasteiger partial charge in [-0.1, -0.05) is 11.6 Å². The molecular weight excluding hydrogens is 217 g/mol. The van der Waals surface area contributed by atoms with Crippen LogP contribution in [0.5, 0.6) is 0 Å². The van der Waals surface area contributed by atoms with Crippen LogP contribution in [0, 0.1) is 12.7 Å². The van der Waals surface area contributed by atoms with E-state index in [0.29, 0.717) is 16.1 Å². The molecule has 0 aliphatic heterocycles. The molecule has 1 aromatic carbocycles. The number of hydrogen-bond donors (Lipinski definition) is 2. The zero-order valence-corrected chi connectivity index (χ0v) is 9.77. The number of aliphatic hydroxyl groups is 1. The summed E-state index contributed by atoms with van der Waals surface area (Å²) in [5, 5.41) is 10.2. The molecule has 84 valence electrons. The summed E-state index contributed by atoms with van der Waals surface area (Å²) in [4.78, 5) is 0. The van der Waals surface area contributed by atoms with Crippen molar-refractivity contribution in [1.82, 2.24) is 0 Å². The van der Waals surface area contributed by atoms with Gasteiger partial charge in [-0.2, -0.15) is 0 Å². The van der Waals surface area contributed by atoms with Crippen molar-refractivity contribution in [2.24, 2.45) is 5.73 Å². The van der Waals surface area contributed by atoms with Crippen molar-refractivity contribution < 1.29 is 9.50 Å². The first-order valence-electron chi connectivity index (χ1n) is 4.66. The molecule has 1 atom stereocenters. The molecule has 15 heavy (non-hydrogen) atoms. The fraction of sp³-hybridized carbons (Fsp3) is 0.455. The Morgan fingerprint density at radius 3 is 2.47 bits per heavy atom. The average Bonchev–Trinajstić information content (AvgIpc) is 2.08. The molecule has 1 unspecified atom stereocenters. The molecule has 0 fully saturated rings. The Labute approximate surface area is 93.9 Å². The quantitative estimate of drug-likeness (QED) is 0.822. The number of hydrogen-bond acceptors (Lipinski definition) is 2. The Kier molecular flexibility index (Phi) is 3.38. The van der Waals surface area contributed by atoms with Crippen LogP contribution in [-0.4, -0.2) is 10.6 Å². The first-order valence-corrected chi connectivity index (χ1v) is 5.03. The third-order valence-corrected chi connectivity index (χ3v) is 2.60. The van der Waals surface area contributed by atoms with Gasteiger partial charge >= 0.3 is 0 Å². The maximum Gasteiger partial charge on any atom is 0.126 e. The molecule has 3 N–H and O–H groups in total. The molecule has 0 spiro atoms. The van der Waals surface area contributed by atoms with Crippen LogP contribution < -0.4 is 5.73 Å². The Bertz CT molecular complexity index is 374. The zero-order valence-electron chi connectivity index (χ0n) is 9.01. The van der Waals surface area contributed by atoms with Crippen molar-refractivity contribution in [2.75, 3.05) is 0 Å². The van der Waals surface area contributed by atoms with E-state index >= 15 is 0 Å². The summed E-state index contributed by atoms with van der Waals surface area (Å²) in [5.41, 5.74) is 5.66. The van der Waals surface area contributed by atoms with Crippen LogP contribution in [0.25, 0.3) is 0 Å². The minimum Gasteiger partial charge on any atom is -0.386 e. The number of aliphatic hydroxyl groups excluding tert-OH is 1. The van der Waals surface area contributed by atoms with Gasteiger partial charge in [0.25, 0.3) is 0 Å². The van der Waals surface area contributed by atoms with Crippen molar-refractivity contribution in [3.05, 3.63) is 34.1 Å². The van der Waals surface area contributed by atoms with E-state index < -0.39 is 17.5 Å². The van der Waals surface area contributed by atoms with E-state index in [1.54, 1.807) is 20.8 Å². The smallest absolute Gasteiger partial charge is 0.126 e. The lowest BCUT2D eigenvalue weighted by Gasteiger charge is -2.27. The molecule has 0 bridgehead atoms. The second kappa shape index (κ2) is 4.08. The third-order valence-electron chi connectivity index (χ3n) is 2.28. The van der Waals surface area contributed by atoms with Crippen molar-refractivity contribution in [2.45, 2.75) is 32.4 Å². The minimum atomic E-state index is -0.986. The number of aryl methyl sites for hydroxylation is 1. The van der Waals surface area contributed by atoms with Gasteiger partial charge in [-0.15, -0.1) is 0 Å². The Hall–Kier alpha value is -0.640. The molecule has 0 saturated heterocycles. The summed E-state index contributed by atoms with van der Waals surface area (Å²) in [6.07, 6.45) is -0.986. The monoisotopic (exact) mass is 231 g/mol. The third kappa shape index (κ3) is 2.68. The molecular formula is C11H15ClFNO. The Morgan fingerprint density at radius 2 is 2.00 bits per heavy atom. The van der Waals surface area contributed by atoms with Gasteiger partial charge in [0.2, 0.25) is 0 Å². The number of rotatable bonds is 2. The molecule has 4 heteroatoms. The van der Waals surface area contributed by atoms with Gasteiger partial charge in [0.05, 0.1) is 6.10 Å². The highest BCUT2D eigenvalue weighted by Crippen LogP contribution is 2.31. The average molecular weight is 232 g/mol. The van der Waals surface area contributed by atoms with E-state index in [9.17, 15) is 9.50 Å². The van der Waals surface area contributed by atoms with Crippen LogP contribution in [0.4, 0.5) is 4.39 Å². The summed E-state index contributed by atoms with van der Waals surface area (Å²) in [7, 11) is 0. The first kappa shape index (κ1) is 12.4. The SMILES string of the molecule is Cc1cc(Cl)c(C(O)C(C)(C)N)cc1F. The van der Waals surface area contributed by atoms with Gasteiger partial charge < -0.3 is 10.8 Å². The van der Waals surface area contributed by atoms with Gasteiger partial charge in [0, 0.05) is 16.1 Å². The lowest BCUT2D eigenvalue weighted by atomic mass is 9.92. The van der Waals surface area contributed by atoms with Crippen LogP contribution in [0.15, 0.2) is 12.1 Å². The van der Waals surface area contributed by atoms with Crippen molar-refractivity contribution in [1.29, 1.82) is 0 Å². The predicted octanol–water partition coefficient (Wildman–Crippen LogP) is 2.56. The van der Waals surface area contributed by atoms with E-state index in [1.807, 2.05) is 0 Å². The molecule has 1 aromatic rings. The summed E-state index contributed by atoms with van der Waals surface area (Å²) in [6.45, 7) is 4.93. The van der Waals surface area contributed by atoms with E-state index in [1.165, 1.54) is 12.1 Å². The summed E-state index contributed by atoms with van der Waals surface area (Å²) in [6, 6.07) is 2.72. The van der Waals surface area contributed by atoms with Crippen LogP contribution in [0.1, 0.15) is 31.1 Å². The van der Waals surface area contributed by atoms with Crippen molar-refractivity contribution >= 4 is 11.6 Å². The summed E-state index contributed by atoms with van der Waals surface area (Å²) >= 11 is 5.92. The maximum absolute atomic E-state index is 13.3. The predicted molar refractivity (Wildman–Crippen MR) is 59.4 cm³/mol. The van der Waals surface area contributed by atoms with Gasteiger partial charge in [0.1, 0.15) is 5.82 Å². The molecule has 0 aromatic heterocycles. The molecule has 0 amide bonds. The van der Waals surface area contributed by atoms with Gasteiger partial charge in [-0.25, -0.2) is 4.39 Å². The largest absolute Gasteiger partial charge is 0.386 e. The highest BCUT2D eigenvalue weighted by Gasteiger charge is 2.26. The first-order chi connectivity index (χ1) is 6.73. The maximum atomic E-state index is 13.3. The van der Waals surface area contributed by atoms with Gasteiger partial charge in [0.15, 0.2) is 0 Å². The molecule has 0 radical (unpaired) electrons. The molecule has 2 nitrogen and oxygen atoms in total. The number of nitrogens with two attached hydrogens (primary N) is 1. The minimum absolute atomic E-state index is 0.326. The Morgan fingerprint density at radius 1 is 1.47 bits per heavy atom. The van der Waals surface area contributed by atoms with E-state index in [-0.39, 0.29) is 0 Å².